The molecule has 0 radical (unpaired) electrons. The maximum absolute atomic E-state index is 10.7. The van der Waals surface area contributed by atoms with Crippen molar-refractivity contribution >= 4 is 22.7 Å². The van der Waals surface area contributed by atoms with Crippen LogP contribution in [0.3, 0.4) is 0 Å². The van der Waals surface area contributed by atoms with Crippen LogP contribution in [0.5, 0.6) is 11.5 Å². The second kappa shape index (κ2) is 4.91. The van der Waals surface area contributed by atoms with Crippen LogP contribution in [0.15, 0.2) is 5.11 Å². The zero-order chi connectivity index (χ0) is 15.6. The quantitative estimate of drug-likeness (QED) is 0.272. The van der Waals surface area contributed by atoms with Gasteiger partial charge >= 0.3 is 17.1 Å². The Balaban J connectivity index is 4.11. The molecule has 1 aromatic carbocycles. The Kier molecular flexibility index (Phi) is 3.53. The monoisotopic (exact) mass is 286 g/mol. The Morgan fingerprint density at radius 3 is 1.50 bits per heavy atom. The van der Waals surface area contributed by atoms with E-state index in [0.717, 1.165) is 0 Å². The minimum atomic E-state index is -1.66. The Labute approximate surface area is 106 Å². The first-order chi connectivity index (χ1) is 9.23. The van der Waals surface area contributed by atoms with E-state index in [2.05, 4.69) is 10.0 Å². The van der Waals surface area contributed by atoms with Crippen LogP contribution in [0.4, 0.5) is 22.7 Å². The fourth-order valence-electron chi connectivity index (χ4n) is 1.33. The van der Waals surface area contributed by atoms with Crippen LogP contribution >= 0.6 is 0 Å². The van der Waals surface area contributed by atoms with E-state index < -0.39 is 49.0 Å². The van der Waals surface area contributed by atoms with Crippen LogP contribution in [0.25, 0.3) is 10.4 Å². The molecule has 0 fully saturated rings. The summed E-state index contributed by atoms with van der Waals surface area (Å²) in [6.07, 6.45) is 0. The summed E-state index contributed by atoms with van der Waals surface area (Å²) in [6, 6.07) is 0. The van der Waals surface area contributed by atoms with Crippen molar-refractivity contribution in [3.63, 3.8) is 0 Å². The normalized spacial score (nSPS) is 9.60. The third-order valence-corrected chi connectivity index (χ3v) is 2.04. The van der Waals surface area contributed by atoms with Crippen LogP contribution in [-0.4, -0.2) is 25.0 Å². The molecule has 1 aromatic rings. The lowest BCUT2D eigenvalue weighted by atomic mass is 10.1. The van der Waals surface area contributed by atoms with Gasteiger partial charge in [0.15, 0.2) is 0 Å². The molecule has 0 unspecified atom stereocenters. The predicted molar refractivity (Wildman–Crippen MR) is 58.5 cm³/mol. The summed E-state index contributed by atoms with van der Waals surface area (Å²) < 4.78 is 0. The van der Waals surface area contributed by atoms with Crippen LogP contribution in [-0.2, 0) is 0 Å². The van der Waals surface area contributed by atoms with Gasteiger partial charge in [0.1, 0.15) is 0 Å². The number of nitrogens with zero attached hydrogens (tertiary/aromatic N) is 6. The molecule has 2 N–H and O–H groups in total. The number of rotatable bonds is 4. The molecule has 14 heteroatoms. The summed E-state index contributed by atoms with van der Waals surface area (Å²) >= 11 is 0. The molecule has 104 valence electrons. The molecule has 0 bridgehead atoms. The number of benzene rings is 1. The van der Waals surface area contributed by atoms with Crippen molar-refractivity contribution in [3.05, 3.63) is 40.8 Å². The highest BCUT2D eigenvalue weighted by Gasteiger charge is 2.42. The van der Waals surface area contributed by atoms with Gasteiger partial charge in [-0.3, -0.25) is 30.3 Å². The van der Waals surface area contributed by atoms with Crippen molar-refractivity contribution in [1.82, 2.24) is 0 Å². The van der Waals surface area contributed by atoms with Gasteiger partial charge in [-0.25, -0.2) is 0 Å². The van der Waals surface area contributed by atoms with Gasteiger partial charge in [-0.2, -0.15) is 0 Å². The van der Waals surface area contributed by atoms with Crippen LogP contribution in [0.1, 0.15) is 0 Å². The first kappa shape index (κ1) is 14.4. The third kappa shape index (κ3) is 2.04. The van der Waals surface area contributed by atoms with Crippen molar-refractivity contribution in [2.24, 2.45) is 5.11 Å². The molecular weight excluding hydrogens is 284 g/mol. The summed E-state index contributed by atoms with van der Waals surface area (Å²) in [7, 11) is 0. The van der Waals surface area contributed by atoms with Gasteiger partial charge < -0.3 is 10.2 Å². The van der Waals surface area contributed by atoms with E-state index in [0.29, 0.717) is 0 Å². The number of hydrogen-bond donors (Lipinski definition) is 2. The topological polar surface area (TPSA) is 219 Å². The maximum Gasteiger partial charge on any atom is 0.366 e. The highest BCUT2D eigenvalue weighted by molar-refractivity contribution is 5.86. The minimum Gasteiger partial charge on any atom is -0.497 e. The van der Waals surface area contributed by atoms with Crippen molar-refractivity contribution in [3.8, 4) is 11.5 Å². The summed E-state index contributed by atoms with van der Waals surface area (Å²) in [5.41, 5.74) is 2.11. The van der Waals surface area contributed by atoms with Gasteiger partial charge in [-0.1, -0.05) is 0 Å². The summed E-state index contributed by atoms with van der Waals surface area (Å²) in [5, 5.41) is 53.4. The van der Waals surface area contributed by atoms with Crippen molar-refractivity contribution in [2.75, 3.05) is 0 Å². The van der Waals surface area contributed by atoms with Crippen LogP contribution in [0.2, 0.25) is 0 Å². The number of aromatic hydroxyl groups is 2. The molecule has 0 saturated carbocycles. The molecule has 0 spiro atoms. The molecule has 0 atom stereocenters. The standard InChI is InChI=1S/C6H2N6O8/c7-9-8-1-2(10(15)16)5(13)4(12(19)20)6(14)3(1)11(17)18/h13-14H. The number of phenolic OH excluding ortho intramolecular Hbond substituents is 2. The third-order valence-electron chi connectivity index (χ3n) is 2.04. The van der Waals surface area contributed by atoms with Gasteiger partial charge in [0, 0.05) is 4.91 Å². The molecule has 1 rings (SSSR count). The van der Waals surface area contributed by atoms with Crippen molar-refractivity contribution in [1.29, 1.82) is 0 Å². The van der Waals surface area contributed by atoms with Crippen molar-refractivity contribution in [2.45, 2.75) is 0 Å². The molecule has 0 aliphatic rings. The molecule has 14 nitrogen and oxygen atoms in total. The second-order valence-corrected chi connectivity index (χ2v) is 3.05. The van der Waals surface area contributed by atoms with E-state index in [1.807, 2.05) is 0 Å². The fourth-order valence-corrected chi connectivity index (χ4v) is 1.33. The Morgan fingerprint density at radius 2 is 1.25 bits per heavy atom. The Bertz CT molecular complexity index is 650. The summed E-state index contributed by atoms with van der Waals surface area (Å²) in [4.78, 5) is 29.8. The lowest BCUT2D eigenvalue weighted by molar-refractivity contribution is -0.404. The van der Waals surface area contributed by atoms with E-state index in [1.165, 1.54) is 0 Å². The first-order valence-corrected chi connectivity index (χ1v) is 4.34. The predicted octanol–water partition coefficient (Wildman–Crippen LogP) is 1.76. The zero-order valence-corrected chi connectivity index (χ0v) is 9.03. The largest absolute Gasteiger partial charge is 0.497 e. The smallest absolute Gasteiger partial charge is 0.366 e. The molecule has 0 aliphatic carbocycles. The number of phenols is 2. The lowest BCUT2D eigenvalue weighted by Gasteiger charge is -2.04. The molecule has 0 aromatic heterocycles. The fraction of sp³-hybridized carbons (Fsp3) is 0. The number of hydrogen-bond acceptors (Lipinski definition) is 9. The zero-order valence-electron chi connectivity index (χ0n) is 9.03. The highest BCUT2D eigenvalue weighted by atomic mass is 16.6. The van der Waals surface area contributed by atoms with Gasteiger partial charge in [0.2, 0.25) is 5.69 Å². The highest BCUT2D eigenvalue weighted by Crippen LogP contribution is 2.55. The average Bonchev–Trinajstić information content (AvgIpc) is 2.26. The molecule has 0 heterocycles. The first-order valence-electron chi connectivity index (χ1n) is 4.34. The molecular formula is C6H2N6O8. The lowest BCUT2D eigenvalue weighted by Crippen LogP contribution is -1.99. The van der Waals surface area contributed by atoms with E-state index in [1.54, 1.807) is 0 Å². The summed E-state index contributed by atoms with van der Waals surface area (Å²) in [6.45, 7) is 0. The van der Waals surface area contributed by atoms with Gasteiger partial charge in [-0.15, -0.1) is 0 Å². The SMILES string of the molecule is [N-]=[N+]=Nc1c([N+](=O)[O-])c(O)c([N+](=O)[O-])c(O)c1[N+](=O)[O-]. The molecule has 20 heavy (non-hydrogen) atoms. The Hall–Kier alpha value is -3.67. The Morgan fingerprint density at radius 1 is 0.900 bits per heavy atom. The van der Waals surface area contributed by atoms with Gasteiger partial charge in [0.05, 0.1) is 14.8 Å². The molecule has 0 saturated heterocycles. The van der Waals surface area contributed by atoms with E-state index >= 15 is 0 Å². The number of azide groups is 1. The van der Waals surface area contributed by atoms with E-state index in [-0.39, 0.29) is 0 Å². The van der Waals surface area contributed by atoms with Crippen LogP contribution < -0.4 is 0 Å². The number of nitro benzene ring substituents is 3. The average molecular weight is 286 g/mol. The van der Waals surface area contributed by atoms with Gasteiger partial charge in [0.25, 0.3) is 11.5 Å². The van der Waals surface area contributed by atoms with Gasteiger partial charge in [-0.05, 0) is 10.6 Å². The van der Waals surface area contributed by atoms with Crippen LogP contribution in [0, 0.1) is 30.3 Å². The second-order valence-electron chi connectivity index (χ2n) is 3.05. The molecule has 0 aliphatic heterocycles. The van der Waals surface area contributed by atoms with E-state index in [4.69, 9.17) is 5.53 Å². The minimum absolute atomic E-state index is 1.34. The van der Waals surface area contributed by atoms with Crippen molar-refractivity contribution < 1.29 is 25.0 Å². The summed E-state index contributed by atoms with van der Waals surface area (Å²) in [5.74, 6) is -3.32. The number of nitro groups is 3. The molecule has 0 amide bonds. The van der Waals surface area contributed by atoms with E-state index in [9.17, 15) is 40.6 Å². The maximum atomic E-state index is 10.7.